The van der Waals surface area contributed by atoms with Crippen molar-refractivity contribution < 1.29 is 14.3 Å². The number of ether oxygens (including phenoxy) is 1. The number of carbonyl (C=O) groups excluding carboxylic acids is 2. The largest absolute Gasteiger partial charge is 0.382 e. The Labute approximate surface area is 190 Å². The summed E-state index contributed by atoms with van der Waals surface area (Å²) in [6.45, 7) is 6.47. The monoisotopic (exact) mass is 496 g/mol. The summed E-state index contributed by atoms with van der Waals surface area (Å²) in [5.41, 5.74) is 2.14. The molecule has 0 atom stereocenters. The normalized spacial score (nSPS) is 18.9. The summed E-state index contributed by atoms with van der Waals surface area (Å²) < 4.78 is 6.74. The van der Waals surface area contributed by atoms with E-state index in [4.69, 9.17) is 17.0 Å². The molecule has 0 N–H and O–H groups in total. The summed E-state index contributed by atoms with van der Waals surface area (Å²) >= 11 is 10.2. The molecule has 0 bridgehead atoms. The summed E-state index contributed by atoms with van der Waals surface area (Å²) in [6, 6.07) is 5.80. The van der Waals surface area contributed by atoms with Crippen LogP contribution in [0, 0.1) is 0 Å². The van der Waals surface area contributed by atoms with Gasteiger partial charge in [0.2, 0.25) is 0 Å². The number of carbonyl (C=O) groups is 2. The SMILES string of the molecule is CCCCCN1C(=O)C(=C2SC(=S)N(CCCOCC)C2=O)c2cc(Br)ccc21. The molecule has 2 aliphatic rings. The molecule has 0 spiro atoms. The van der Waals surface area contributed by atoms with Crippen molar-refractivity contribution in [2.24, 2.45) is 0 Å². The fraction of sp³-hybridized carbons (Fsp3) is 0.476. The van der Waals surface area contributed by atoms with Crippen LogP contribution in [-0.2, 0) is 14.3 Å². The van der Waals surface area contributed by atoms with E-state index in [1.807, 2.05) is 25.1 Å². The van der Waals surface area contributed by atoms with Gasteiger partial charge in [0.15, 0.2) is 0 Å². The predicted octanol–water partition coefficient (Wildman–Crippen LogP) is 4.98. The second-order valence-electron chi connectivity index (χ2n) is 6.90. The Bertz CT molecular complexity index is 856. The fourth-order valence-corrected chi connectivity index (χ4v) is 5.22. The first-order chi connectivity index (χ1) is 14.0. The molecule has 5 nitrogen and oxygen atoms in total. The lowest BCUT2D eigenvalue weighted by Crippen LogP contribution is -2.31. The molecular formula is C21H25BrN2O3S2. The summed E-state index contributed by atoms with van der Waals surface area (Å²) in [6.07, 6.45) is 3.79. The molecule has 3 rings (SSSR count). The Morgan fingerprint density at radius 3 is 2.55 bits per heavy atom. The number of hydrogen-bond donors (Lipinski definition) is 0. The molecule has 0 unspecified atom stereocenters. The highest BCUT2D eigenvalue weighted by atomic mass is 79.9. The number of thiocarbonyl (C=S) groups is 1. The number of unbranched alkanes of at least 4 members (excludes halogenated alkanes) is 2. The van der Waals surface area contributed by atoms with Gasteiger partial charge in [-0.1, -0.05) is 59.7 Å². The summed E-state index contributed by atoms with van der Waals surface area (Å²) in [5.74, 6) is -0.287. The van der Waals surface area contributed by atoms with E-state index in [0.717, 1.165) is 35.0 Å². The van der Waals surface area contributed by atoms with E-state index < -0.39 is 0 Å². The molecule has 156 valence electrons. The van der Waals surface area contributed by atoms with Crippen molar-refractivity contribution in [3.05, 3.63) is 33.1 Å². The lowest BCUT2D eigenvalue weighted by Gasteiger charge is -2.17. The highest BCUT2D eigenvalue weighted by Crippen LogP contribution is 2.45. The number of thioether (sulfide) groups is 1. The van der Waals surface area contributed by atoms with Crippen molar-refractivity contribution in [3.8, 4) is 0 Å². The van der Waals surface area contributed by atoms with Crippen molar-refractivity contribution in [3.63, 3.8) is 0 Å². The van der Waals surface area contributed by atoms with Crippen LogP contribution in [0.4, 0.5) is 5.69 Å². The molecule has 0 aromatic heterocycles. The minimum Gasteiger partial charge on any atom is -0.382 e. The van der Waals surface area contributed by atoms with Gasteiger partial charge in [0.05, 0.1) is 16.2 Å². The van der Waals surface area contributed by atoms with Crippen molar-refractivity contribution in [1.29, 1.82) is 0 Å². The summed E-state index contributed by atoms with van der Waals surface area (Å²) in [4.78, 5) is 30.3. The maximum absolute atomic E-state index is 13.3. The van der Waals surface area contributed by atoms with Gasteiger partial charge in [0.1, 0.15) is 4.32 Å². The third-order valence-electron chi connectivity index (χ3n) is 4.91. The van der Waals surface area contributed by atoms with E-state index in [9.17, 15) is 9.59 Å². The smallest absolute Gasteiger partial charge is 0.267 e. The van der Waals surface area contributed by atoms with Crippen LogP contribution in [0.3, 0.4) is 0 Å². The first-order valence-electron chi connectivity index (χ1n) is 9.97. The Morgan fingerprint density at radius 2 is 1.83 bits per heavy atom. The number of hydrogen-bond acceptors (Lipinski definition) is 5. The van der Waals surface area contributed by atoms with E-state index in [1.165, 1.54) is 11.8 Å². The van der Waals surface area contributed by atoms with Gasteiger partial charge in [-0.25, -0.2) is 0 Å². The highest BCUT2D eigenvalue weighted by Gasteiger charge is 2.41. The second-order valence-corrected chi connectivity index (χ2v) is 9.46. The van der Waals surface area contributed by atoms with E-state index >= 15 is 0 Å². The topological polar surface area (TPSA) is 49.9 Å². The van der Waals surface area contributed by atoms with Crippen molar-refractivity contribution >= 4 is 67.3 Å². The van der Waals surface area contributed by atoms with Crippen LogP contribution in [0.2, 0.25) is 0 Å². The number of halogens is 1. The Hall–Kier alpha value is -1.22. The molecule has 1 fully saturated rings. The number of anilines is 1. The predicted molar refractivity (Wildman–Crippen MR) is 126 cm³/mol. The van der Waals surface area contributed by atoms with Crippen molar-refractivity contribution in [2.75, 3.05) is 31.2 Å². The lowest BCUT2D eigenvalue weighted by molar-refractivity contribution is -0.122. The Balaban J connectivity index is 1.91. The minimum atomic E-state index is -0.179. The van der Waals surface area contributed by atoms with E-state index in [2.05, 4.69) is 22.9 Å². The van der Waals surface area contributed by atoms with Gasteiger partial charge in [-0.15, -0.1) is 0 Å². The molecule has 1 aromatic carbocycles. The average molecular weight is 497 g/mol. The second kappa shape index (κ2) is 10.2. The lowest BCUT2D eigenvalue weighted by atomic mass is 10.1. The van der Waals surface area contributed by atoms with Crippen molar-refractivity contribution in [2.45, 2.75) is 39.5 Å². The van der Waals surface area contributed by atoms with Crippen LogP contribution in [-0.4, -0.2) is 47.3 Å². The van der Waals surface area contributed by atoms with Crippen LogP contribution in [0.25, 0.3) is 5.57 Å². The minimum absolute atomic E-state index is 0.107. The standard InChI is InChI=1S/C21H25BrN2O3S2/c1-3-5-6-10-23-16-9-8-14(22)13-15(16)17(19(23)25)18-20(26)24(21(28)29-18)11-7-12-27-4-2/h8-9,13H,3-7,10-12H2,1-2H3. The number of amides is 2. The zero-order valence-electron chi connectivity index (χ0n) is 16.7. The molecule has 2 amide bonds. The van der Waals surface area contributed by atoms with Crippen LogP contribution in [0.15, 0.2) is 27.6 Å². The van der Waals surface area contributed by atoms with Gasteiger partial charge in [-0.05, 0) is 38.0 Å². The van der Waals surface area contributed by atoms with Gasteiger partial charge in [-0.2, -0.15) is 0 Å². The fourth-order valence-electron chi connectivity index (χ4n) is 3.48. The third-order valence-corrected chi connectivity index (χ3v) is 6.86. The Morgan fingerprint density at radius 1 is 1.07 bits per heavy atom. The molecule has 1 aromatic rings. The van der Waals surface area contributed by atoms with Gasteiger partial charge in [-0.3, -0.25) is 14.5 Å². The van der Waals surface area contributed by atoms with Gasteiger partial charge >= 0.3 is 0 Å². The molecule has 1 saturated heterocycles. The average Bonchev–Trinajstić information content (AvgIpc) is 3.12. The zero-order chi connectivity index (χ0) is 21.0. The molecular weight excluding hydrogens is 472 g/mol. The number of fused-ring (bicyclic) bond motifs is 1. The molecule has 8 heteroatoms. The van der Waals surface area contributed by atoms with Crippen LogP contribution in [0.5, 0.6) is 0 Å². The molecule has 29 heavy (non-hydrogen) atoms. The van der Waals surface area contributed by atoms with Crippen LogP contribution in [0.1, 0.15) is 45.1 Å². The molecule has 2 aliphatic heterocycles. The number of benzene rings is 1. The van der Waals surface area contributed by atoms with Gasteiger partial charge < -0.3 is 9.64 Å². The summed E-state index contributed by atoms with van der Waals surface area (Å²) in [7, 11) is 0. The van der Waals surface area contributed by atoms with Gasteiger partial charge in [0.25, 0.3) is 11.8 Å². The highest BCUT2D eigenvalue weighted by molar-refractivity contribution is 9.10. The quantitative estimate of drug-likeness (QED) is 0.274. The molecule has 2 heterocycles. The van der Waals surface area contributed by atoms with Crippen LogP contribution < -0.4 is 4.90 Å². The van der Waals surface area contributed by atoms with E-state index in [1.54, 1.807) is 9.80 Å². The molecule has 0 aliphatic carbocycles. The van der Waals surface area contributed by atoms with Crippen LogP contribution >= 0.6 is 39.9 Å². The van der Waals surface area contributed by atoms with E-state index in [0.29, 0.717) is 47.5 Å². The number of rotatable bonds is 9. The van der Waals surface area contributed by atoms with E-state index in [-0.39, 0.29) is 11.8 Å². The molecule has 0 radical (unpaired) electrons. The molecule has 0 saturated carbocycles. The summed E-state index contributed by atoms with van der Waals surface area (Å²) in [5, 5.41) is 0. The maximum Gasteiger partial charge on any atom is 0.267 e. The first-order valence-corrected chi connectivity index (χ1v) is 12.0. The number of nitrogens with zero attached hydrogens (tertiary/aromatic N) is 2. The first kappa shape index (κ1) is 22.5. The maximum atomic E-state index is 13.3. The Kier molecular flexibility index (Phi) is 7.90. The zero-order valence-corrected chi connectivity index (χ0v) is 19.9. The van der Waals surface area contributed by atoms with Gasteiger partial charge in [0, 0.05) is 36.3 Å². The third kappa shape index (κ3) is 4.76. The van der Waals surface area contributed by atoms with Crippen molar-refractivity contribution in [1.82, 2.24) is 4.90 Å².